The number of amides is 1. The first-order valence-electron chi connectivity index (χ1n) is 10.4. The minimum Gasteiger partial charge on any atom is -0.493 e. The van der Waals surface area contributed by atoms with Crippen LogP contribution in [0.4, 0.5) is 27.6 Å². The molecule has 0 aliphatic carbocycles. The van der Waals surface area contributed by atoms with Crippen molar-refractivity contribution in [1.82, 2.24) is 14.6 Å². The van der Waals surface area contributed by atoms with E-state index in [9.17, 15) is 31.9 Å². The number of aromatic nitrogens is 3. The Morgan fingerprint density at radius 1 is 1.26 bits per heavy atom. The summed E-state index contributed by atoms with van der Waals surface area (Å²) in [6.07, 6.45) is -5.22. The zero-order chi connectivity index (χ0) is 25.7. The van der Waals surface area contributed by atoms with Gasteiger partial charge in [0.1, 0.15) is 12.7 Å². The molecular formula is C22H21F5N4O4. The highest BCUT2D eigenvalue weighted by Gasteiger charge is 2.65. The van der Waals surface area contributed by atoms with E-state index in [0.29, 0.717) is 5.65 Å². The van der Waals surface area contributed by atoms with Crippen LogP contribution in [0.3, 0.4) is 0 Å². The molecule has 0 spiro atoms. The number of halogens is 5. The summed E-state index contributed by atoms with van der Waals surface area (Å²) >= 11 is 0. The summed E-state index contributed by atoms with van der Waals surface area (Å²) in [5, 5.41) is 19.5. The first kappa shape index (κ1) is 24.8. The van der Waals surface area contributed by atoms with Crippen LogP contribution < -0.4 is 10.1 Å². The van der Waals surface area contributed by atoms with Crippen molar-refractivity contribution in [2.45, 2.75) is 44.3 Å². The van der Waals surface area contributed by atoms with E-state index in [0.717, 1.165) is 26.2 Å². The van der Waals surface area contributed by atoms with Gasteiger partial charge in [-0.05, 0) is 25.1 Å². The lowest BCUT2D eigenvalue weighted by atomic mass is 9.77. The van der Waals surface area contributed by atoms with E-state index < -0.39 is 59.6 Å². The molecule has 8 nitrogen and oxygen atoms in total. The molecular weight excluding hydrogens is 479 g/mol. The molecule has 13 heteroatoms. The molecule has 1 fully saturated rings. The number of hydrogen-bond donors (Lipinski definition) is 2. The maximum atomic E-state index is 14.4. The molecule has 35 heavy (non-hydrogen) atoms. The van der Waals surface area contributed by atoms with Crippen LogP contribution in [-0.4, -0.2) is 50.6 Å². The molecule has 3 aromatic rings. The number of rotatable bonds is 5. The highest BCUT2D eigenvalue weighted by atomic mass is 19.4. The van der Waals surface area contributed by atoms with Gasteiger partial charge in [-0.2, -0.15) is 17.6 Å². The zero-order valence-corrected chi connectivity index (χ0v) is 18.7. The van der Waals surface area contributed by atoms with Gasteiger partial charge in [-0.1, -0.05) is 13.0 Å². The van der Waals surface area contributed by atoms with E-state index >= 15 is 0 Å². The number of aliphatic hydroxyl groups excluding tert-OH is 1. The molecule has 3 heterocycles. The van der Waals surface area contributed by atoms with Crippen LogP contribution in [-0.2, 0) is 16.1 Å². The number of carbonyl (C=O) groups excluding carboxylic acids is 1. The van der Waals surface area contributed by atoms with Crippen LogP contribution >= 0.6 is 0 Å². The minimum absolute atomic E-state index is 0.135. The number of carbonyl (C=O) groups is 1. The number of nitrogens with one attached hydrogen (secondary N) is 1. The topological polar surface area (TPSA) is 98.0 Å². The molecule has 0 bridgehead atoms. The SMILES string of the molecule is COc1c([C@H]2[C@H](C(=O)Nc3ccc4nnc(CO)n4c3)O[C@@](C)(C(F)(F)F)[C@H]2C)ccc(F)c1F. The van der Waals surface area contributed by atoms with Crippen LogP contribution in [0.25, 0.3) is 5.65 Å². The quantitative estimate of drug-likeness (QED) is 0.520. The van der Waals surface area contributed by atoms with Gasteiger partial charge in [-0.15, -0.1) is 10.2 Å². The Hall–Kier alpha value is -3.32. The lowest BCUT2D eigenvalue weighted by Gasteiger charge is -2.32. The predicted octanol–water partition coefficient (Wildman–Crippen LogP) is 3.59. The monoisotopic (exact) mass is 500 g/mol. The molecule has 1 aromatic carbocycles. The van der Waals surface area contributed by atoms with Gasteiger partial charge >= 0.3 is 6.18 Å². The number of pyridine rings is 1. The van der Waals surface area contributed by atoms with E-state index in [-0.39, 0.29) is 17.1 Å². The molecule has 4 atom stereocenters. The lowest BCUT2D eigenvalue weighted by molar-refractivity contribution is -0.272. The van der Waals surface area contributed by atoms with Gasteiger partial charge in [0.2, 0.25) is 5.82 Å². The van der Waals surface area contributed by atoms with Crippen LogP contribution in [0.1, 0.15) is 31.2 Å². The van der Waals surface area contributed by atoms with Crippen molar-refractivity contribution in [1.29, 1.82) is 0 Å². The zero-order valence-electron chi connectivity index (χ0n) is 18.7. The van der Waals surface area contributed by atoms with Crippen LogP contribution in [0.15, 0.2) is 30.5 Å². The fourth-order valence-electron chi connectivity index (χ4n) is 4.37. The van der Waals surface area contributed by atoms with Crippen LogP contribution in [0.2, 0.25) is 0 Å². The van der Waals surface area contributed by atoms with E-state index in [4.69, 9.17) is 9.47 Å². The Morgan fingerprint density at radius 2 is 1.97 bits per heavy atom. The number of benzene rings is 1. The average Bonchev–Trinajstić information content (AvgIpc) is 3.34. The minimum atomic E-state index is -4.87. The highest BCUT2D eigenvalue weighted by Crippen LogP contribution is 2.55. The van der Waals surface area contributed by atoms with Crippen molar-refractivity contribution in [3.63, 3.8) is 0 Å². The van der Waals surface area contributed by atoms with Gasteiger partial charge < -0.3 is 19.9 Å². The third-order valence-electron chi connectivity index (χ3n) is 6.45. The summed E-state index contributed by atoms with van der Waals surface area (Å²) in [4.78, 5) is 13.2. The van der Waals surface area contributed by atoms with Crippen molar-refractivity contribution in [2.75, 3.05) is 12.4 Å². The Balaban J connectivity index is 1.76. The molecule has 1 amide bonds. The Morgan fingerprint density at radius 3 is 2.60 bits per heavy atom. The van der Waals surface area contributed by atoms with Crippen molar-refractivity contribution in [3.8, 4) is 5.75 Å². The summed E-state index contributed by atoms with van der Waals surface area (Å²) in [6.45, 7) is 1.59. The molecule has 0 radical (unpaired) electrons. The number of alkyl halides is 3. The van der Waals surface area contributed by atoms with Gasteiger partial charge in [-0.25, -0.2) is 4.39 Å². The third-order valence-corrected chi connectivity index (χ3v) is 6.45. The summed E-state index contributed by atoms with van der Waals surface area (Å²) in [5.41, 5.74) is -2.38. The second kappa shape index (κ2) is 8.72. The standard InChI is InChI=1S/C22H21F5N4O4/c1-10-16(12-5-6-13(23)17(24)18(12)34-3)19(35-21(10,2)22(25,26)27)20(33)28-11-4-7-14-29-30-15(9-32)31(14)8-11/h4-8,10,16,19,32H,9H2,1-3H3,(H,28,33)/t10-,16-,19+,21+/m0/s1. The number of fused-ring (bicyclic) bond motifs is 1. The molecule has 0 unspecified atom stereocenters. The van der Waals surface area contributed by atoms with Gasteiger partial charge in [0.15, 0.2) is 28.6 Å². The maximum absolute atomic E-state index is 14.4. The largest absolute Gasteiger partial charge is 0.493 e. The van der Waals surface area contributed by atoms with E-state index in [2.05, 4.69) is 15.5 Å². The van der Waals surface area contributed by atoms with Crippen molar-refractivity contribution < 1.29 is 41.3 Å². The molecule has 1 aliphatic heterocycles. The summed E-state index contributed by atoms with van der Waals surface area (Å²) < 4.78 is 82.0. The predicted molar refractivity (Wildman–Crippen MR) is 112 cm³/mol. The van der Waals surface area contributed by atoms with E-state index in [1.54, 1.807) is 0 Å². The normalized spacial score (nSPS) is 24.7. The third kappa shape index (κ3) is 3.97. The number of aliphatic hydroxyl groups is 1. The second-order valence-electron chi connectivity index (χ2n) is 8.35. The van der Waals surface area contributed by atoms with Crippen molar-refractivity contribution in [3.05, 3.63) is 53.5 Å². The number of anilines is 1. The van der Waals surface area contributed by atoms with Crippen molar-refractivity contribution >= 4 is 17.2 Å². The van der Waals surface area contributed by atoms with Gasteiger partial charge in [-0.3, -0.25) is 9.20 Å². The average molecular weight is 500 g/mol. The maximum Gasteiger partial charge on any atom is 0.417 e. The highest BCUT2D eigenvalue weighted by molar-refractivity contribution is 5.95. The molecule has 1 saturated heterocycles. The lowest BCUT2D eigenvalue weighted by Crippen LogP contribution is -2.47. The van der Waals surface area contributed by atoms with Gasteiger partial charge in [0, 0.05) is 23.6 Å². The van der Waals surface area contributed by atoms with E-state index in [1.807, 2.05) is 0 Å². The first-order valence-corrected chi connectivity index (χ1v) is 10.4. The molecule has 4 rings (SSSR count). The van der Waals surface area contributed by atoms with Gasteiger partial charge in [0.05, 0.1) is 12.8 Å². The smallest absolute Gasteiger partial charge is 0.417 e. The number of ether oxygens (including phenoxy) is 2. The van der Waals surface area contributed by atoms with Gasteiger partial charge in [0.25, 0.3) is 5.91 Å². The number of methoxy groups -OCH3 is 1. The molecule has 2 N–H and O–H groups in total. The summed E-state index contributed by atoms with van der Waals surface area (Å²) in [6, 6.07) is 4.77. The molecule has 188 valence electrons. The summed E-state index contributed by atoms with van der Waals surface area (Å²) in [7, 11) is 1.05. The fourth-order valence-corrected chi connectivity index (χ4v) is 4.37. The van der Waals surface area contributed by atoms with Crippen LogP contribution in [0.5, 0.6) is 5.75 Å². The van der Waals surface area contributed by atoms with Crippen molar-refractivity contribution in [2.24, 2.45) is 5.92 Å². The van der Waals surface area contributed by atoms with E-state index in [1.165, 1.54) is 29.7 Å². The number of hydrogen-bond acceptors (Lipinski definition) is 6. The van der Waals surface area contributed by atoms with Crippen LogP contribution in [0, 0.1) is 17.6 Å². The fraction of sp³-hybridized carbons (Fsp3) is 0.409. The summed E-state index contributed by atoms with van der Waals surface area (Å²) in [5.74, 6) is -6.72. The second-order valence-corrected chi connectivity index (χ2v) is 8.35. The molecule has 2 aromatic heterocycles. The Kier molecular flexibility index (Phi) is 6.18. The first-order chi connectivity index (χ1) is 16.4. The Bertz CT molecular complexity index is 1280. The molecule has 1 aliphatic rings. The molecule has 0 saturated carbocycles. The Labute approximate surface area is 195 Å². The number of nitrogens with zero attached hydrogens (tertiary/aromatic N) is 3.